The number of hydrogen-bond donors (Lipinski definition) is 0. The monoisotopic (exact) mass is 1440 g/mol. The standard InChI is InChI=1S/C102H74BN3Si3/c1-11-37-75(38-12-1)76-65-68-98-95(69-76)103-94-67-66-91(109(86-53-25-8-26-54-86,87-55-27-9-28-56-87)88-57-29-10-30-58-88)74-99(94)105(78-40-36-60-90(71-78)108(83-47-19-5-20-48-83,84-49-21-6-22-50-84)85-51-23-7-24-52-85)101-73-79(106-96-63-33-31-61-92(96)93-62-32-34-64-97(93)106)72-100(102(101)103)104(98)77-39-35-59-89(70-77)107(80-41-13-2-14-42-80,81-43-15-3-16-44-81)82-45-17-4-18-46-82/h1-74H. The summed E-state index contributed by atoms with van der Waals surface area (Å²) in [4.78, 5) is 5.37. The fraction of sp³-hybridized carbons (Fsp3) is 0. The van der Waals surface area contributed by atoms with Crippen LogP contribution in [0.3, 0.4) is 0 Å². The van der Waals surface area contributed by atoms with E-state index in [-0.39, 0.29) is 6.71 Å². The van der Waals surface area contributed by atoms with E-state index in [1.165, 1.54) is 101 Å². The van der Waals surface area contributed by atoms with Crippen LogP contribution in [-0.4, -0.2) is 35.5 Å². The highest BCUT2D eigenvalue weighted by atomic mass is 28.3. The molecule has 20 rings (SSSR count). The number of para-hydroxylation sites is 2. The molecule has 0 N–H and O–H groups in total. The molecule has 0 atom stereocenters. The van der Waals surface area contributed by atoms with Crippen LogP contribution in [0.4, 0.5) is 34.1 Å². The second-order valence-electron chi connectivity index (χ2n) is 28.9. The maximum Gasteiger partial charge on any atom is 0.252 e. The topological polar surface area (TPSA) is 11.4 Å². The van der Waals surface area contributed by atoms with Crippen molar-refractivity contribution in [1.29, 1.82) is 0 Å². The third kappa shape index (κ3) is 10.5. The van der Waals surface area contributed by atoms with E-state index in [9.17, 15) is 0 Å². The van der Waals surface area contributed by atoms with E-state index >= 15 is 0 Å². The van der Waals surface area contributed by atoms with Gasteiger partial charge in [-0.2, -0.15) is 0 Å². The average molecular weight is 1440 g/mol. The van der Waals surface area contributed by atoms with Crippen LogP contribution in [0, 0.1) is 0 Å². The molecule has 2 aliphatic heterocycles. The van der Waals surface area contributed by atoms with Crippen molar-refractivity contribution in [3.8, 4) is 16.8 Å². The van der Waals surface area contributed by atoms with Crippen LogP contribution < -0.4 is 88.4 Å². The SMILES string of the molecule is c1ccc(-c2ccc3c(c2)B2c4ccc([Si](c5ccccc5)(c5ccccc5)c5ccccc5)cc4N(c4cccc([Si](c5ccccc5)(c5ccccc5)c5ccccc5)c4)c4cc(-n5c6ccccc6c6ccccc65)cc(c42)N3c2cccc([Si](c3ccccc3)(c3ccccc3)c3ccccc3)c2)cc1. The average Bonchev–Trinajstić information content (AvgIpc) is 1.20. The molecule has 0 saturated carbocycles. The zero-order valence-electron chi connectivity index (χ0n) is 60.1. The molecule has 17 aromatic carbocycles. The quantitative estimate of drug-likeness (QED) is 0.0706. The number of aromatic nitrogens is 1. The number of anilines is 6. The van der Waals surface area contributed by atoms with Crippen LogP contribution in [0.25, 0.3) is 38.6 Å². The molecule has 0 amide bonds. The molecule has 3 nitrogen and oxygen atoms in total. The van der Waals surface area contributed by atoms with Gasteiger partial charge in [-0.15, -0.1) is 0 Å². The molecule has 0 bridgehead atoms. The predicted octanol–water partition coefficient (Wildman–Crippen LogP) is 14.7. The van der Waals surface area contributed by atoms with E-state index in [1.54, 1.807) is 0 Å². The van der Waals surface area contributed by atoms with Crippen molar-refractivity contribution in [2.45, 2.75) is 0 Å². The van der Waals surface area contributed by atoms with Crippen LogP contribution in [0.15, 0.2) is 449 Å². The van der Waals surface area contributed by atoms with Gasteiger partial charge in [0.05, 0.1) is 16.7 Å². The van der Waals surface area contributed by atoms with E-state index in [1.807, 2.05) is 0 Å². The van der Waals surface area contributed by atoms with E-state index in [4.69, 9.17) is 0 Å². The summed E-state index contributed by atoms with van der Waals surface area (Å²) in [5.74, 6) is 0. The molecule has 7 heteroatoms. The molecule has 0 unspecified atom stereocenters. The Labute approximate surface area is 641 Å². The molecular formula is C102H74BN3Si3. The highest BCUT2D eigenvalue weighted by molar-refractivity contribution is 7.21. The fourth-order valence-electron chi connectivity index (χ4n) is 18.9. The first kappa shape index (κ1) is 65.4. The molecule has 2 aliphatic rings. The lowest BCUT2D eigenvalue weighted by molar-refractivity contribution is 1.16. The summed E-state index contributed by atoms with van der Waals surface area (Å²) >= 11 is 0. The number of rotatable bonds is 16. The normalized spacial score (nSPS) is 12.5. The fourth-order valence-corrected chi connectivity index (χ4v) is 33.2. The highest BCUT2D eigenvalue weighted by Crippen LogP contribution is 2.47. The second kappa shape index (κ2) is 27.3. The Bertz CT molecular complexity index is 6010. The Morgan fingerprint density at radius 1 is 0.183 bits per heavy atom. The molecule has 18 aromatic rings. The Kier molecular flexibility index (Phi) is 16.4. The van der Waals surface area contributed by atoms with Crippen LogP contribution in [0.2, 0.25) is 0 Å². The van der Waals surface area contributed by atoms with E-state index in [0.29, 0.717) is 0 Å². The summed E-state index contributed by atoms with van der Waals surface area (Å²) in [7, 11) is -9.45. The van der Waals surface area contributed by atoms with Crippen LogP contribution in [0.1, 0.15) is 0 Å². The van der Waals surface area contributed by atoms with Gasteiger partial charge in [-0.05, 0) is 150 Å². The first-order valence-electron chi connectivity index (χ1n) is 37.9. The minimum atomic E-state index is -3.20. The van der Waals surface area contributed by atoms with E-state index in [0.717, 1.165) is 50.8 Å². The van der Waals surface area contributed by atoms with Crippen molar-refractivity contribution >= 4 is 165 Å². The summed E-state index contributed by atoms with van der Waals surface area (Å²) < 4.78 is 2.55. The molecular weight excluding hydrogens is 1360 g/mol. The minimum absolute atomic E-state index is 0.252. The van der Waals surface area contributed by atoms with Crippen molar-refractivity contribution in [3.05, 3.63) is 449 Å². The van der Waals surface area contributed by atoms with Crippen molar-refractivity contribution in [3.63, 3.8) is 0 Å². The third-order valence-corrected chi connectivity index (χ3v) is 37.7. The van der Waals surface area contributed by atoms with Gasteiger partial charge in [-0.25, -0.2) is 0 Å². The molecule has 0 radical (unpaired) electrons. The maximum atomic E-state index is 2.72. The van der Waals surface area contributed by atoms with Crippen LogP contribution in [-0.2, 0) is 0 Å². The van der Waals surface area contributed by atoms with Gasteiger partial charge in [0, 0.05) is 44.9 Å². The van der Waals surface area contributed by atoms with Gasteiger partial charge in [-0.3, -0.25) is 0 Å². The first-order valence-corrected chi connectivity index (χ1v) is 43.9. The largest absolute Gasteiger partial charge is 0.311 e. The Morgan fingerprint density at radius 2 is 0.495 bits per heavy atom. The summed E-state index contributed by atoms with van der Waals surface area (Å²) in [6, 6.07) is 171. The van der Waals surface area contributed by atoms with E-state index in [2.05, 4.69) is 463 Å². The minimum Gasteiger partial charge on any atom is -0.311 e. The Balaban J connectivity index is 0.946. The Hall–Kier alpha value is -13.1. The zero-order valence-corrected chi connectivity index (χ0v) is 63.1. The number of benzene rings is 17. The lowest BCUT2D eigenvalue weighted by atomic mass is 9.33. The summed E-state index contributed by atoms with van der Waals surface area (Å²) in [5.41, 5.74) is 16.2. The number of hydrogen-bond acceptors (Lipinski definition) is 2. The maximum absolute atomic E-state index is 3.20. The number of nitrogens with zero attached hydrogens (tertiary/aromatic N) is 3. The van der Waals surface area contributed by atoms with Gasteiger partial charge in [0.1, 0.15) is 0 Å². The molecule has 109 heavy (non-hydrogen) atoms. The second-order valence-corrected chi connectivity index (χ2v) is 40.4. The lowest BCUT2D eigenvalue weighted by Crippen LogP contribution is -2.75. The summed E-state index contributed by atoms with van der Waals surface area (Å²) in [6.45, 7) is -0.252. The third-order valence-electron chi connectivity index (χ3n) is 23.4. The molecule has 0 aliphatic carbocycles. The van der Waals surface area contributed by atoms with Gasteiger partial charge in [-0.1, -0.05) is 388 Å². The van der Waals surface area contributed by atoms with Gasteiger partial charge in [0.2, 0.25) is 0 Å². The molecule has 1 aromatic heterocycles. The van der Waals surface area contributed by atoms with Gasteiger partial charge in [0.25, 0.3) is 6.71 Å². The first-order chi connectivity index (χ1) is 54.1. The van der Waals surface area contributed by atoms with Crippen LogP contribution >= 0.6 is 0 Å². The van der Waals surface area contributed by atoms with Crippen molar-refractivity contribution in [1.82, 2.24) is 4.57 Å². The smallest absolute Gasteiger partial charge is 0.252 e. The van der Waals surface area contributed by atoms with Gasteiger partial charge in [0.15, 0.2) is 24.2 Å². The van der Waals surface area contributed by atoms with Crippen molar-refractivity contribution in [2.75, 3.05) is 9.80 Å². The number of fused-ring (bicyclic) bond motifs is 7. The Morgan fingerprint density at radius 3 is 0.862 bits per heavy atom. The predicted molar refractivity (Wildman–Crippen MR) is 471 cm³/mol. The highest BCUT2D eigenvalue weighted by Gasteiger charge is 2.49. The van der Waals surface area contributed by atoms with Crippen LogP contribution in [0.5, 0.6) is 0 Å². The lowest BCUT2D eigenvalue weighted by Gasteiger charge is -2.45. The van der Waals surface area contributed by atoms with Crippen molar-refractivity contribution in [2.24, 2.45) is 0 Å². The molecule has 0 saturated heterocycles. The summed E-state index contributed by atoms with van der Waals surface area (Å²) in [5, 5.41) is 18.2. The molecule has 3 heterocycles. The zero-order chi connectivity index (χ0) is 72.3. The van der Waals surface area contributed by atoms with Gasteiger partial charge >= 0.3 is 0 Å². The molecule has 512 valence electrons. The van der Waals surface area contributed by atoms with E-state index < -0.39 is 24.2 Å². The molecule has 0 spiro atoms. The molecule has 0 fully saturated rings. The van der Waals surface area contributed by atoms with Gasteiger partial charge < -0.3 is 14.4 Å². The summed E-state index contributed by atoms with van der Waals surface area (Å²) in [6.07, 6.45) is 0. The van der Waals surface area contributed by atoms with Crippen molar-refractivity contribution < 1.29 is 0 Å².